The van der Waals surface area contributed by atoms with Crippen LogP contribution in [0.2, 0.25) is 0 Å². The second-order valence-electron chi connectivity index (χ2n) is 10.8. The van der Waals surface area contributed by atoms with E-state index >= 15 is 0 Å². The summed E-state index contributed by atoms with van der Waals surface area (Å²) >= 11 is 0. The lowest BCUT2D eigenvalue weighted by Crippen LogP contribution is -2.02. The third-order valence-electron chi connectivity index (χ3n) is 8.01. The lowest BCUT2D eigenvalue weighted by Gasteiger charge is -2.23. The molecule has 0 unspecified atom stereocenters. The standard InChI is InChI=1S/C34H38O8/c1-5-9-17-13-21-19(11-7-3)29(37)31(39)23(15-35)27(21)33(41)25(17)26-18(10-6-2)14-22-20(12-8-4)30(38)32(40)24(16-36)28(22)34(26)42/h13-16,37-42H,5-12H2,1-4H3. The minimum Gasteiger partial charge on any atom is -0.507 e. The summed E-state index contributed by atoms with van der Waals surface area (Å²) in [5.74, 6) is -2.76. The Labute approximate surface area is 244 Å². The van der Waals surface area contributed by atoms with Crippen LogP contribution in [-0.4, -0.2) is 43.2 Å². The minimum absolute atomic E-state index is 0.0522. The SMILES string of the molecule is CCCc1cc2c(CCC)c(O)c(O)c(C=O)c2c(O)c1-c1c(CCC)cc2c(CCC)c(O)c(O)c(C=O)c2c1O. The zero-order valence-corrected chi connectivity index (χ0v) is 24.5. The first kappa shape index (κ1) is 30.5. The van der Waals surface area contributed by atoms with Gasteiger partial charge in [0, 0.05) is 33.0 Å². The summed E-state index contributed by atoms with van der Waals surface area (Å²) in [5, 5.41) is 68.0. The molecule has 8 heteroatoms. The molecule has 0 amide bonds. The number of aryl methyl sites for hydroxylation is 4. The van der Waals surface area contributed by atoms with Crippen molar-refractivity contribution >= 4 is 34.1 Å². The van der Waals surface area contributed by atoms with Crippen LogP contribution >= 0.6 is 0 Å². The molecule has 0 saturated heterocycles. The highest BCUT2D eigenvalue weighted by molar-refractivity contribution is 6.14. The number of carbonyl (C=O) groups excluding carboxylic acids is 2. The van der Waals surface area contributed by atoms with E-state index in [-0.39, 0.29) is 44.5 Å². The predicted molar refractivity (Wildman–Crippen MR) is 164 cm³/mol. The van der Waals surface area contributed by atoms with Gasteiger partial charge in [-0.05, 0) is 59.7 Å². The van der Waals surface area contributed by atoms with Crippen LogP contribution in [-0.2, 0) is 25.7 Å². The predicted octanol–water partition coefficient (Wildman–Crippen LogP) is 7.33. The smallest absolute Gasteiger partial charge is 0.169 e. The number of benzene rings is 4. The molecule has 4 rings (SSSR count). The van der Waals surface area contributed by atoms with E-state index in [1.807, 2.05) is 27.7 Å². The van der Waals surface area contributed by atoms with E-state index in [0.29, 0.717) is 97.0 Å². The number of hydrogen-bond acceptors (Lipinski definition) is 8. The van der Waals surface area contributed by atoms with Crippen molar-refractivity contribution in [3.05, 3.63) is 45.5 Å². The first-order chi connectivity index (χ1) is 20.1. The molecule has 0 aromatic heterocycles. The summed E-state index contributed by atoms with van der Waals surface area (Å²) in [7, 11) is 0. The maximum atomic E-state index is 12.2. The van der Waals surface area contributed by atoms with Crippen LogP contribution in [0, 0.1) is 0 Å². The van der Waals surface area contributed by atoms with Crippen molar-refractivity contribution in [2.24, 2.45) is 0 Å². The van der Waals surface area contributed by atoms with Gasteiger partial charge in [-0.1, -0.05) is 53.4 Å². The molecule has 0 atom stereocenters. The number of fused-ring (bicyclic) bond motifs is 2. The molecular weight excluding hydrogens is 536 g/mol. The Balaban J connectivity index is 2.32. The van der Waals surface area contributed by atoms with Gasteiger partial charge in [0.1, 0.15) is 11.5 Å². The van der Waals surface area contributed by atoms with Crippen molar-refractivity contribution in [3.63, 3.8) is 0 Å². The van der Waals surface area contributed by atoms with Gasteiger partial charge in [0.15, 0.2) is 35.6 Å². The molecule has 42 heavy (non-hydrogen) atoms. The second kappa shape index (κ2) is 12.2. The summed E-state index contributed by atoms with van der Waals surface area (Å²) in [4.78, 5) is 24.4. The minimum atomic E-state index is -0.630. The molecule has 0 bridgehead atoms. The summed E-state index contributed by atoms with van der Waals surface area (Å²) in [6, 6.07) is 3.56. The van der Waals surface area contributed by atoms with E-state index in [4.69, 9.17) is 0 Å². The Bertz CT molecular complexity index is 1590. The van der Waals surface area contributed by atoms with Gasteiger partial charge < -0.3 is 30.6 Å². The molecule has 0 aliphatic heterocycles. The molecule has 0 fully saturated rings. The first-order valence-electron chi connectivity index (χ1n) is 14.5. The average molecular weight is 575 g/mol. The van der Waals surface area contributed by atoms with Gasteiger partial charge in [-0.3, -0.25) is 9.59 Å². The fourth-order valence-corrected chi connectivity index (χ4v) is 6.23. The number of hydrogen-bond donors (Lipinski definition) is 6. The van der Waals surface area contributed by atoms with Gasteiger partial charge in [0.25, 0.3) is 0 Å². The van der Waals surface area contributed by atoms with E-state index in [9.17, 15) is 40.2 Å². The zero-order chi connectivity index (χ0) is 30.9. The zero-order valence-electron chi connectivity index (χ0n) is 24.5. The van der Waals surface area contributed by atoms with Crippen molar-refractivity contribution in [2.75, 3.05) is 0 Å². The highest BCUT2D eigenvalue weighted by Gasteiger charge is 2.29. The van der Waals surface area contributed by atoms with E-state index in [1.165, 1.54) is 0 Å². The van der Waals surface area contributed by atoms with Crippen molar-refractivity contribution < 1.29 is 40.2 Å². The number of carbonyl (C=O) groups is 2. The molecule has 4 aromatic carbocycles. The molecule has 4 aromatic rings. The van der Waals surface area contributed by atoms with Crippen molar-refractivity contribution in [1.29, 1.82) is 0 Å². The van der Waals surface area contributed by atoms with Crippen LogP contribution in [0.25, 0.3) is 32.7 Å². The molecule has 222 valence electrons. The molecule has 6 N–H and O–H groups in total. The second-order valence-corrected chi connectivity index (χ2v) is 10.8. The van der Waals surface area contributed by atoms with Crippen molar-refractivity contribution in [2.45, 2.75) is 79.1 Å². The number of aromatic hydroxyl groups is 6. The Morgan fingerprint density at radius 2 is 0.833 bits per heavy atom. The van der Waals surface area contributed by atoms with Crippen LogP contribution in [0.5, 0.6) is 34.5 Å². The van der Waals surface area contributed by atoms with Gasteiger partial charge in [0.05, 0.1) is 11.1 Å². The highest BCUT2D eigenvalue weighted by atomic mass is 16.3. The molecule has 8 nitrogen and oxygen atoms in total. The highest BCUT2D eigenvalue weighted by Crippen LogP contribution is 2.53. The van der Waals surface area contributed by atoms with Gasteiger partial charge in [-0.15, -0.1) is 0 Å². The lowest BCUT2D eigenvalue weighted by molar-refractivity contribution is 0.111. The molecule has 0 heterocycles. The van der Waals surface area contributed by atoms with Gasteiger partial charge in [0.2, 0.25) is 0 Å². The molecule has 0 spiro atoms. The maximum absolute atomic E-state index is 12.2. The van der Waals surface area contributed by atoms with Crippen molar-refractivity contribution in [3.8, 4) is 45.6 Å². The van der Waals surface area contributed by atoms with E-state index < -0.39 is 23.0 Å². The number of phenols is 6. The summed E-state index contributed by atoms with van der Waals surface area (Å²) < 4.78 is 0. The van der Waals surface area contributed by atoms with Crippen LogP contribution < -0.4 is 0 Å². The van der Waals surface area contributed by atoms with Crippen LogP contribution in [0.4, 0.5) is 0 Å². The molecular formula is C34H38O8. The number of rotatable bonds is 11. The Morgan fingerprint density at radius 3 is 1.12 bits per heavy atom. The fraction of sp³-hybridized carbons (Fsp3) is 0.353. The quantitative estimate of drug-likeness (QED) is 0.0803. The summed E-state index contributed by atoms with van der Waals surface area (Å²) in [5.41, 5.74) is 2.01. The Morgan fingerprint density at radius 1 is 0.500 bits per heavy atom. The van der Waals surface area contributed by atoms with Crippen LogP contribution in [0.1, 0.15) is 96.3 Å². The molecule has 0 aliphatic carbocycles. The maximum Gasteiger partial charge on any atom is 0.169 e. The fourth-order valence-electron chi connectivity index (χ4n) is 6.23. The first-order valence-corrected chi connectivity index (χ1v) is 14.5. The molecule has 0 saturated carbocycles. The molecule has 0 radical (unpaired) electrons. The third kappa shape index (κ3) is 4.65. The number of aldehydes is 2. The van der Waals surface area contributed by atoms with Gasteiger partial charge in [-0.2, -0.15) is 0 Å². The topological polar surface area (TPSA) is 156 Å². The van der Waals surface area contributed by atoms with E-state index in [1.54, 1.807) is 12.1 Å². The third-order valence-corrected chi connectivity index (χ3v) is 8.01. The normalized spacial score (nSPS) is 11.4. The summed E-state index contributed by atoms with van der Waals surface area (Å²) in [6.07, 6.45) is 5.05. The number of phenolic OH excluding ortho intramolecular Hbond substituents is 6. The largest absolute Gasteiger partial charge is 0.507 e. The monoisotopic (exact) mass is 574 g/mol. The van der Waals surface area contributed by atoms with Crippen LogP contribution in [0.3, 0.4) is 0 Å². The van der Waals surface area contributed by atoms with Crippen LogP contribution in [0.15, 0.2) is 12.1 Å². The summed E-state index contributed by atoms with van der Waals surface area (Å²) in [6.45, 7) is 7.73. The lowest BCUT2D eigenvalue weighted by atomic mass is 9.82. The van der Waals surface area contributed by atoms with E-state index in [2.05, 4.69) is 0 Å². The Kier molecular flexibility index (Phi) is 8.85. The van der Waals surface area contributed by atoms with Gasteiger partial charge in [-0.25, -0.2) is 0 Å². The van der Waals surface area contributed by atoms with E-state index in [0.717, 1.165) is 0 Å². The van der Waals surface area contributed by atoms with Crippen molar-refractivity contribution in [1.82, 2.24) is 0 Å². The molecule has 0 aliphatic rings. The van der Waals surface area contributed by atoms with Gasteiger partial charge >= 0.3 is 0 Å². The average Bonchev–Trinajstić information content (AvgIpc) is 2.96. The Hall–Kier alpha value is -4.46.